The molecule has 0 spiro atoms. The molecule has 1 rings (SSSR count). The Morgan fingerprint density at radius 1 is 1.44 bits per heavy atom. The van der Waals surface area contributed by atoms with E-state index in [0.29, 0.717) is 11.3 Å². The standard InChI is InChI=1S/C11H18N2O3/c1-6(2)13-8(4)11(7(3)12-13)9(14)5-10(15)16/h6,9,14H,5H2,1-4H3,(H,15,16)/t9-/m0/s1. The van der Waals surface area contributed by atoms with Crippen LogP contribution in [0.5, 0.6) is 0 Å². The summed E-state index contributed by atoms with van der Waals surface area (Å²) in [4.78, 5) is 10.6. The minimum Gasteiger partial charge on any atom is -0.481 e. The maximum absolute atomic E-state index is 10.6. The fourth-order valence-corrected chi connectivity index (χ4v) is 1.93. The predicted molar refractivity (Wildman–Crippen MR) is 59.3 cm³/mol. The molecule has 0 amide bonds. The Labute approximate surface area is 94.7 Å². The van der Waals surface area contributed by atoms with Gasteiger partial charge in [0.1, 0.15) is 0 Å². The van der Waals surface area contributed by atoms with Gasteiger partial charge in [-0.2, -0.15) is 5.10 Å². The van der Waals surface area contributed by atoms with Crippen LogP contribution >= 0.6 is 0 Å². The largest absolute Gasteiger partial charge is 0.481 e. The highest BCUT2D eigenvalue weighted by atomic mass is 16.4. The fraction of sp³-hybridized carbons (Fsp3) is 0.636. The molecule has 0 saturated carbocycles. The summed E-state index contributed by atoms with van der Waals surface area (Å²) in [6, 6.07) is 0.199. The molecule has 1 atom stereocenters. The molecule has 0 radical (unpaired) electrons. The molecule has 0 unspecified atom stereocenters. The molecule has 90 valence electrons. The predicted octanol–water partition coefficient (Wildman–Crippen LogP) is 1.59. The summed E-state index contributed by atoms with van der Waals surface area (Å²) in [6.07, 6.45) is -1.27. The van der Waals surface area contributed by atoms with E-state index in [-0.39, 0.29) is 12.5 Å². The van der Waals surface area contributed by atoms with Crippen LogP contribution in [0.2, 0.25) is 0 Å². The van der Waals surface area contributed by atoms with Crippen LogP contribution in [0, 0.1) is 13.8 Å². The highest BCUT2D eigenvalue weighted by molar-refractivity contribution is 5.67. The Morgan fingerprint density at radius 2 is 2.00 bits per heavy atom. The zero-order valence-corrected chi connectivity index (χ0v) is 10.1. The van der Waals surface area contributed by atoms with Crippen molar-refractivity contribution in [3.05, 3.63) is 17.0 Å². The van der Waals surface area contributed by atoms with Gasteiger partial charge in [-0.25, -0.2) is 0 Å². The van der Waals surface area contributed by atoms with Crippen molar-refractivity contribution in [3.8, 4) is 0 Å². The van der Waals surface area contributed by atoms with E-state index in [1.807, 2.05) is 20.8 Å². The average Bonchev–Trinajstić information content (AvgIpc) is 2.40. The highest BCUT2D eigenvalue weighted by Gasteiger charge is 2.21. The summed E-state index contributed by atoms with van der Waals surface area (Å²) in [5, 5.41) is 22.8. The zero-order chi connectivity index (χ0) is 12.5. The number of aliphatic hydroxyl groups is 1. The van der Waals surface area contributed by atoms with Crippen LogP contribution in [-0.4, -0.2) is 26.0 Å². The Morgan fingerprint density at radius 3 is 2.38 bits per heavy atom. The first-order chi connectivity index (χ1) is 7.34. The summed E-state index contributed by atoms with van der Waals surface area (Å²) >= 11 is 0. The molecule has 0 aliphatic rings. The molecule has 0 saturated heterocycles. The van der Waals surface area contributed by atoms with Gasteiger partial charge >= 0.3 is 5.97 Å². The second-order valence-corrected chi connectivity index (χ2v) is 4.24. The third-order valence-electron chi connectivity index (χ3n) is 2.57. The molecule has 0 fully saturated rings. The van der Waals surface area contributed by atoms with Crippen LogP contribution in [0.25, 0.3) is 0 Å². The number of carbonyl (C=O) groups is 1. The van der Waals surface area contributed by atoms with Gasteiger partial charge in [0.05, 0.1) is 18.2 Å². The Balaban J connectivity index is 3.09. The lowest BCUT2D eigenvalue weighted by Crippen LogP contribution is -2.09. The first-order valence-corrected chi connectivity index (χ1v) is 5.30. The number of aryl methyl sites for hydroxylation is 1. The molecule has 0 aliphatic heterocycles. The lowest BCUT2D eigenvalue weighted by atomic mass is 10.0. The lowest BCUT2D eigenvalue weighted by Gasteiger charge is -2.11. The van der Waals surface area contributed by atoms with Crippen molar-refractivity contribution >= 4 is 5.97 Å². The molecule has 0 aliphatic carbocycles. The number of nitrogens with zero attached hydrogens (tertiary/aromatic N) is 2. The molecule has 1 aromatic rings. The summed E-state index contributed by atoms with van der Waals surface area (Å²) < 4.78 is 1.80. The monoisotopic (exact) mass is 226 g/mol. The maximum atomic E-state index is 10.6. The first kappa shape index (κ1) is 12.7. The third kappa shape index (κ3) is 2.41. The number of hydrogen-bond acceptors (Lipinski definition) is 3. The van der Waals surface area contributed by atoms with Gasteiger partial charge < -0.3 is 10.2 Å². The minimum absolute atomic E-state index is 0.199. The van der Waals surface area contributed by atoms with E-state index in [2.05, 4.69) is 5.10 Å². The van der Waals surface area contributed by atoms with Gasteiger partial charge in [-0.3, -0.25) is 9.48 Å². The van der Waals surface area contributed by atoms with E-state index in [1.165, 1.54) is 0 Å². The average molecular weight is 226 g/mol. The van der Waals surface area contributed by atoms with Gasteiger partial charge in [0.25, 0.3) is 0 Å². The van der Waals surface area contributed by atoms with Gasteiger partial charge in [0, 0.05) is 17.3 Å². The Bertz CT molecular complexity index is 396. The molecule has 16 heavy (non-hydrogen) atoms. The van der Waals surface area contributed by atoms with Crippen molar-refractivity contribution in [2.24, 2.45) is 0 Å². The molecule has 5 heteroatoms. The van der Waals surface area contributed by atoms with Crippen LogP contribution in [0.1, 0.15) is 49.4 Å². The number of aliphatic hydroxyl groups excluding tert-OH is 1. The second kappa shape index (κ2) is 4.65. The van der Waals surface area contributed by atoms with Crippen LogP contribution in [0.4, 0.5) is 0 Å². The smallest absolute Gasteiger partial charge is 0.306 e. The number of carboxylic acid groups (broad SMARTS) is 1. The Hall–Kier alpha value is -1.36. The second-order valence-electron chi connectivity index (χ2n) is 4.24. The number of aliphatic carboxylic acids is 1. The van der Waals surface area contributed by atoms with Gasteiger partial charge in [-0.1, -0.05) is 0 Å². The van der Waals surface area contributed by atoms with E-state index >= 15 is 0 Å². The summed E-state index contributed by atoms with van der Waals surface area (Å²) in [5.41, 5.74) is 2.16. The number of hydrogen-bond donors (Lipinski definition) is 2. The van der Waals surface area contributed by atoms with E-state index in [4.69, 9.17) is 5.11 Å². The number of rotatable bonds is 4. The fourth-order valence-electron chi connectivity index (χ4n) is 1.93. The van der Waals surface area contributed by atoms with Crippen molar-refractivity contribution in [3.63, 3.8) is 0 Å². The van der Waals surface area contributed by atoms with Crippen LogP contribution in [0.15, 0.2) is 0 Å². The molecule has 1 heterocycles. The highest BCUT2D eigenvalue weighted by Crippen LogP contribution is 2.25. The normalized spacial score (nSPS) is 13.1. The topological polar surface area (TPSA) is 75.3 Å². The lowest BCUT2D eigenvalue weighted by molar-refractivity contribution is -0.139. The summed E-state index contributed by atoms with van der Waals surface area (Å²) in [6.45, 7) is 7.62. The summed E-state index contributed by atoms with van der Waals surface area (Å²) in [7, 11) is 0. The molecule has 0 aromatic carbocycles. The van der Waals surface area contributed by atoms with E-state index in [0.717, 1.165) is 5.69 Å². The number of carboxylic acids is 1. The van der Waals surface area contributed by atoms with Crippen molar-refractivity contribution < 1.29 is 15.0 Å². The van der Waals surface area contributed by atoms with Gasteiger partial charge in [-0.05, 0) is 27.7 Å². The molecule has 0 bridgehead atoms. The van der Waals surface area contributed by atoms with Crippen molar-refractivity contribution in [1.29, 1.82) is 0 Å². The van der Waals surface area contributed by atoms with Gasteiger partial charge in [-0.15, -0.1) is 0 Å². The van der Waals surface area contributed by atoms with Crippen LogP contribution in [0.3, 0.4) is 0 Å². The minimum atomic E-state index is -1.01. The number of aromatic nitrogens is 2. The van der Waals surface area contributed by atoms with E-state index < -0.39 is 12.1 Å². The molecule has 1 aromatic heterocycles. The first-order valence-electron chi connectivity index (χ1n) is 5.30. The summed E-state index contributed by atoms with van der Waals surface area (Å²) in [5.74, 6) is -1.01. The van der Waals surface area contributed by atoms with Crippen LogP contribution < -0.4 is 0 Å². The SMILES string of the molecule is Cc1nn(C(C)C)c(C)c1[C@@H](O)CC(=O)O. The zero-order valence-electron chi connectivity index (χ0n) is 10.1. The third-order valence-corrected chi connectivity index (χ3v) is 2.57. The van der Waals surface area contributed by atoms with E-state index in [1.54, 1.807) is 11.6 Å². The van der Waals surface area contributed by atoms with Gasteiger partial charge in [0.2, 0.25) is 0 Å². The maximum Gasteiger partial charge on any atom is 0.306 e. The van der Waals surface area contributed by atoms with Crippen molar-refractivity contribution in [2.75, 3.05) is 0 Å². The molecular formula is C11H18N2O3. The molecular weight excluding hydrogens is 208 g/mol. The quantitative estimate of drug-likeness (QED) is 0.817. The van der Waals surface area contributed by atoms with Gasteiger partial charge in [0.15, 0.2) is 0 Å². The molecule has 5 nitrogen and oxygen atoms in total. The van der Waals surface area contributed by atoms with Crippen molar-refractivity contribution in [1.82, 2.24) is 9.78 Å². The Kier molecular flexibility index (Phi) is 3.70. The van der Waals surface area contributed by atoms with Crippen LogP contribution in [-0.2, 0) is 4.79 Å². The van der Waals surface area contributed by atoms with E-state index in [9.17, 15) is 9.90 Å². The van der Waals surface area contributed by atoms with Crippen molar-refractivity contribution in [2.45, 2.75) is 46.3 Å². The molecule has 2 N–H and O–H groups in total.